The molecule has 0 spiro atoms. The second-order valence-electron chi connectivity index (χ2n) is 3.50. The molecule has 4 nitrogen and oxygen atoms in total. The maximum absolute atomic E-state index is 11.3. The fourth-order valence-electron chi connectivity index (χ4n) is 1.71. The van der Waals surface area contributed by atoms with E-state index in [1.165, 1.54) is 0 Å². The van der Waals surface area contributed by atoms with E-state index in [-0.39, 0.29) is 17.7 Å². The Hall–Kier alpha value is -1.32. The van der Waals surface area contributed by atoms with Gasteiger partial charge in [0.15, 0.2) is 0 Å². The minimum atomic E-state index is -0.349. The molecule has 1 fully saturated rings. The third-order valence-electron chi connectivity index (χ3n) is 2.56. The first-order valence-electron chi connectivity index (χ1n) is 4.57. The van der Waals surface area contributed by atoms with Crippen LogP contribution in [0.1, 0.15) is 17.9 Å². The molecule has 1 aliphatic carbocycles. The number of halogens is 1. The summed E-state index contributed by atoms with van der Waals surface area (Å²) in [6.07, 6.45) is 0.778. The number of benzene rings is 1. The second-order valence-corrected chi connectivity index (χ2v) is 4.35. The first-order valence-corrected chi connectivity index (χ1v) is 5.36. The number of nitrogens with zero attached hydrogens (tertiary/aromatic N) is 3. The van der Waals surface area contributed by atoms with Crippen LogP contribution >= 0.6 is 15.9 Å². The van der Waals surface area contributed by atoms with E-state index < -0.39 is 0 Å². The Morgan fingerprint density at radius 2 is 2.27 bits per heavy atom. The van der Waals surface area contributed by atoms with Crippen LogP contribution in [0.15, 0.2) is 33.9 Å². The van der Waals surface area contributed by atoms with Gasteiger partial charge in [0.05, 0.1) is 0 Å². The molecule has 1 aromatic carbocycles. The van der Waals surface area contributed by atoms with Gasteiger partial charge in [-0.1, -0.05) is 34.1 Å². The van der Waals surface area contributed by atoms with E-state index in [0.717, 1.165) is 16.5 Å². The molecule has 0 saturated heterocycles. The van der Waals surface area contributed by atoms with E-state index >= 15 is 0 Å². The van der Waals surface area contributed by atoms with Gasteiger partial charge in [-0.25, -0.2) is 0 Å². The zero-order chi connectivity index (χ0) is 10.8. The number of carbonyl (C=O) groups is 1. The molecular formula is C10H8BrN3O. The van der Waals surface area contributed by atoms with Crippen LogP contribution in [0, 0.1) is 5.92 Å². The van der Waals surface area contributed by atoms with Crippen LogP contribution in [0.2, 0.25) is 0 Å². The Morgan fingerprint density at radius 3 is 2.93 bits per heavy atom. The first kappa shape index (κ1) is 10.2. The van der Waals surface area contributed by atoms with Gasteiger partial charge in [-0.05, 0) is 34.6 Å². The van der Waals surface area contributed by atoms with Crippen molar-refractivity contribution in [1.82, 2.24) is 0 Å². The van der Waals surface area contributed by atoms with Crippen LogP contribution in [0.5, 0.6) is 0 Å². The molecule has 1 amide bonds. The minimum Gasteiger partial charge on any atom is -0.292 e. The van der Waals surface area contributed by atoms with Gasteiger partial charge >= 0.3 is 0 Å². The van der Waals surface area contributed by atoms with Gasteiger partial charge in [0.2, 0.25) is 5.91 Å². The Kier molecular flexibility index (Phi) is 2.75. The third-order valence-corrected chi connectivity index (χ3v) is 3.28. The average Bonchev–Trinajstić information content (AvgIpc) is 2.98. The Labute approximate surface area is 95.0 Å². The van der Waals surface area contributed by atoms with Crippen molar-refractivity contribution in [2.75, 3.05) is 0 Å². The van der Waals surface area contributed by atoms with Crippen molar-refractivity contribution in [2.45, 2.75) is 12.3 Å². The summed E-state index contributed by atoms with van der Waals surface area (Å²) in [5.74, 6) is -0.267. The smallest absolute Gasteiger partial charge is 0.222 e. The van der Waals surface area contributed by atoms with E-state index in [2.05, 4.69) is 26.0 Å². The van der Waals surface area contributed by atoms with Gasteiger partial charge in [0.1, 0.15) is 0 Å². The van der Waals surface area contributed by atoms with E-state index in [4.69, 9.17) is 5.53 Å². The number of hydrogen-bond donors (Lipinski definition) is 0. The Morgan fingerprint density at radius 1 is 1.53 bits per heavy atom. The molecule has 0 aromatic heterocycles. The van der Waals surface area contributed by atoms with Crippen molar-refractivity contribution in [3.05, 3.63) is 44.7 Å². The standard InChI is InChI=1S/C10H8BrN3O/c11-9-4-2-1-3-6(9)7-5-8(7)10(15)13-14-12/h1-4,7-8H,5H2/t7-,8+/m1/s1. The van der Waals surface area contributed by atoms with E-state index in [0.29, 0.717) is 0 Å². The summed E-state index contributed by atoms with van der Waals surface area (Å²) in [5, 5.41) is 3.12. The highest BCUT2D eigenvalue weighted by atomic mass is 79.9. The fraction of sp³-hybridized carbons (Fsp3) is 0.300. The van der Waals surface area contributed by atoms with Gasteiger partial charge in [-0.2, -0.15) is 0 Å². The molecule has 2 rings (SSSR count). The van der Waals surface area contributed by atoms with Crippen molar-refractivity contribution in [1.29, 1.82) is 0 Å². The maximum atomic E-state index is 11.3. The van der Waals surface area contributed by atoms with Gasteiger partial charge < -0.3 is 0 Å². The lowest BCUT2D eigenvalue weighted by molar-refractivity contribution is -0.119. The van der Waals surface area contributed by atoms with Crippen LogP contribution < -0.4 is 0 Å². The Balaban J connectivity index is 2.15. The van der Waals surface area contributed by atoms with Crippen LogP contribution in [0.3, 0.4) is 0 Å². The third kappa shape index (κ3) is 2.03. The summed E-state index contributed by atoms with van der Waals surface area (Å²) >= 11 is 3.44. The highest BCUT2D eigenvalue weighted by molar-refractivity contribution is 9.10. The van der Waals surface area contributed by atoms with Gasteiger partial charge in [0, 0.05) is 15.3 Å². The minimum absolute atomic E-state index is 0.125. The number of carbonyl (C=O) groups excluding carboxylic acids is 1. The number of hydrogen-bond acceptors (Lipinski definition) is 1. The van der Waals surface area contributed by atoms with Crippen LogP contribution in [-0.2, 0) is 4.79 Å². The highest BCUT2D eigenvalue weighted by Crippen LogP contribution is 2.50. The molecule has 1 aromatic rings. The van der Waals surface area contributed by atoms with Crippen molar-refractivity contribution >= 4 is 21.8 Å². The summed E-state index contributed by atoms with van der Waals surface area (Å²) in [6, 6.07) is 7.80. The molecule has 0 bridgehead atoms. The SMILES string of the molecule is [N-]=[N+]=NC(=O)[C@H]1C[C@@H]1c1ccccc1Br. The average molecular weight is 266 g/mol. The van der Waals surface area contributed by atoms with Crippen LogP contribution in [-0.4, -0.2) is 5.91 Å². The van der Waals surface area contributed by atoms with Crippen LogP contribution in [0.4, 0.5) is 0 Å². The monoisotopic (exact) mass is 265 g/mol. The summed E-state index contributed by atoms with van der Waals surface area (Å²) in [5.41, 5.74) is 9.27. The zero-order valence-electron chi connectivity index (χ0n) is 7.80. The van der Waals surface area contributed by atoms with E-state index in [1.54, 1.807) is 0 Å². The fourth-order valence-corrected chi connectivity index (χ4v) is 2.28. The molecule has 5 heteroatoms. The largest absolute Gasteiger partial charge is 0.292 e. The predicted molar refractivity (Wildman–Crippen MR) is 59.1 cm³/mol. The Bertz CT molecular complexity index is 454. The maximum Gasteiger partial charge on any atom is 0.222 e. The summed E-state index contributed by atoms with van der Waals surface area (Å²) < 4.78 is 1.01. The molecule has 0 radical (unpaired) electrons. The van der Waals surface area contributed by atoms with Gasteiger partial charge in [0.25, 0.3) is 0 Å². The predicted octanol–water partition coefficient (Wildman–Crippen LogP) is 3.39. The molecule has 2 atom stereocenters. The quantitative estimate of drug-likeness (QED) is 0.459. The summed E-state index contributed by atoms with van der Waals surface area (Å²) in [4.78, 5) is 13.8. The van der Waals surface area contributed by atoms with E-state index in [1.807, 2.05) is 24.3 Å². The van der Waals surface area contributed by atoms with Crippen molar-refractivity contribution < 1.29 is 4.79 Å². The second kappa shape index (κ2) is 4.04. The lowest BCUT2D eigenvalue weighted by Crippen LogP contribution is -1.96. The molecule has 1 aliphatic rings. The molecule has 0 N–H and O–H groups in total. The van der Waals surface area contributed by atoms with Gasteiger partial charge in [-0.3, -0.25) is 4.79 Å². The molecular weight excluding hydrogens is 258 g/mol. The molecule has 0 aliphatic heterocycles. The van der Waals surface area contributed by atoms with Gasteiger partial charge in [-0.15, -0.1) is 0 Å². The molecule has 0 heterocycles. The lowest BCUT2D eigenvalue weighted by Gasteiger charge is -2.01. The number of rotatable bonds is 2. The summed E-state index contributed by atoms with van der Waals surface area (Å²) in [6.45, 7) is 0. The first-order chi connectivity index (χ1) is 7.24. The van der Waals surface area contributed by atoms with Crippen molar-refractivity contribution in [3.8, 4) is 0 Å². The molecule has 1 saturated carbocycles. The van der Waals surface area contributed by atoms with Crippen LogP contribution in [0.25, 0.3) is 10.4 Å². The topological polar surface area (TPSA) is 65.8 Å². The number of amides is 1. The van der Waals surface area contributed by atoms with Crippen molar-refractivity contribution in [3.63, 3.8) is 0 Å². The van der Waals surface area contributed by atoms with Crippen molar-refractivity contribution in [2.24, 2.45) is 11.0 Å². The molecule has 15 heavy (non-hydrogen) atoms. The van der Waals surface area contributed by atoms with E-state index in [9.17, 15) is 4.79 Å². The highest BCUT2D eigenvalue weighted by Gasteiger charge is 2.43. The zero-order valence-corrected chi connectivity index (χ0v) is 9.39. The normalized spacial score (nSPS) is 23.0. The lowest BCUT2D eigenvalue weighted by atomic mass is 10.1. The molecule has 76 valence electrons. The molecule has 0 unspecified atom stereocenters. The summed E-state index contributed by atoms with van der Waals surface area (Å²) in [7, 11) is 0. The number of azide groups is 1.